The summed E-state index contributed by atoms with van der Waals surface area (Å²) in [6.07, 6.45) is 0. The van der Waals surface area contributed by atoms with Crippen LogP contribution in [0.4, 0.5) is 0 Å². The van der Waals surface area contributed by atoms with Gasteiger partial charge in [-0.2, -0.15) is 0 Å². The zero-order valence-electron chi connectivity index (χ0n) is 18.0. The van der Waals surface area contributed by atoms with E-state index in [0.717, 1.165) is 0 Å². The maximum atomic E-state index is 12.4. The van der Waals surface area contributed by atoms with Gasteiger partial charge >= 0.3 is 187 Å². The van der Waals surface area contributed by atoms with Crippen LogP contribution >= 0.6 is 0 Å². The van der Waals surface area contributed by atoms with Gasteiger partial charge in [0.25, 0.3) is 0 Å². The van der Waals surface area contributed by atoms with Gasteiger partial charge in [0.15, 0.2) is 0 Å². The van der Waals surface area contributed by atoms with E-state index in [1.54, 1.807) is 41.5 Å². The van der Waals surface area contributed by atoms with Gasteiger partial charge in [0.05, 0.1) is 0 Å². The topological polar surface area (TPSA) is 118 Å². The van der Waals surface area contributed by atoms with Gasteiger partial charge in [-0.15, -0.1) is 0 Å². The normalized spacial score (nSPS) is 10.6. The fraction of sp³-hybridized carbons (Fsp3) is 0.286. The minimum atomic E-state index is -4.29. The Morgan fingerprint density at radius 2 is 0.806 bits per heavy atom. The first-order valence-electron chi connectivity index (χ1n) is 9.39. The van der Waals surface area contributed by atoms with Gasteiger partial charge in [-0.1, -0.05) is 0 Å². The van der Waals surface area contributed by atoms with Crippen LogP contribution < -0.4 is 24.8 Å². The zero-order chi connectivity index (χ0) is 22.9. The van der Waals surface area contributed by atoms with Gasteiger partial charge in [0.2, 0.25) is 0 Å². The van der Waals surface area contributed by atoms with Crippen molar-refractivity contribution >= 4 is 22.7 Å². The van der Waals surface area contributed by atoms with Crippen molar-refractivity contribution in [2.45, 2.75) is 41.5 Å². The third-order valence-corrected chi connectivity index (χ3v) is 7.88. The van der Waals surface area contributed by atoms with Gasteiger partial charge in [0.1, 0.15) is 0 Å². The Balaban J connectivity index is 2.06. The number of hydrogen-bond donors (Lipinski definition) is 0. The molecular formula is C21H21InO9. The molecule has 0 amide bonds. The first-order chi connectivity index (χ1) is 14.5. The molecule has 0 aromatic carbocycles. The van der Waals surface area contributed by atoms with Crippen molar-refractivity contribution in [3.05, 3.63) is 83.4 Å². The summed E-state index contributed by atoms with van der Waals surface area (Å²) in [5.41, 5.74) is -1.30. The molecule has 0 fully saturated rings. The second kappa shape index (κ2) is 9.09. The molecule has 0 saturated heterocycles. The molecule has 0 atom stereocenters. The second-order valence-corrected chi connectivity index (χ2v) is 10.6. The number of rotatable bonds is 6. The fourth-order valence-corrected chi connectivity index (χ4v) is 7.48. The summed E-state index contributed by atoms with van der Waals surface area (Å²) in [5.74, 6) is 1.59. The molecule has 0 radical (unpaired) electrons. The summed E-state index contributed by atoms with van der Waals surface area (Å²) in [5, 5.41) is 0. The van der Waals surface area contributed by atoms with E-state index >= 15 is 0 Å². The standard InChI is InChI=1S/3C7H8O3.In/c3*1-4-3-6(8)7(9)5(2)10-4;/h3*3,9H,1-2H3;/q;;;+3/p-3. The molecule has 0 saturated carbocycles. The number of hydrogen-bond acceptors (Lipinski definition) is 9. The Bertz CT molecular complexity index is 1140. The molecule has 0 unspecified atom stereocenters. The van der Waals surface area contributed by atoms with E-state index < -0.39 is 39.0 Å². The average Bonchev–Trinajstić information content (AvgIpc) is 2.63. The molecule has 0 N–H and O–H groups in total. The van der Waals surface area contributed by atoms with E-state index in [1.807, 2.05) is 0 Å². The first-order valence-corrected chi connectivity index (χ1v) is 13.4. The van der Waals surface area contributed by atoms with E-state index in [2.05, 4.69) is 0 Å². The Hall–Kier alpha value is -2.88. The molecule has 0 aliphatic rings. The predicted molar refractivity (Wildman–Crippen MR) is 111 cm³/mol. The molecule has 162 valence electrons. The van der Waals surface area contributed by atoms with Crippen LogP contribution in [0.15, 0.2) is 45.8 Å². The van der Waals surface area contributed by atoms with E-state index in [1.165, 1.54) is 18.2 Å². The Labute approximate surface area is 186 Å². The van der Waals surface area contributed by atoms with Crippen LogP contribution in [0, 0.1) is 41.5 Å². The third kappa shape index (κ3) is 5.25. The van der Waals surface area contributed by atoms with E-state index in [9.17, 15) is 14.4 Å². The van der Waals surface area contributed by atoms with Crippen molar-refractivity contribution in [1.82, 2.24) is 0 Å². The van der Waals surface area contributed by atoms with Crippen LogP contribution in [0.2, 0.25) is 0 Å². The fourth-order valence-electron chi connectivity index (χ4n) is 3.01. The molecule has 3 aromatic heterocycles. The summed E-state index contributed by atoms with van der Waals surface area (Å²) in [4.78, 5) is 37.3. The van der Waals surface area contributed by atoms with Crippen LogP contribution in [0.1, 0.15) is 34.6 Å². The van der Waals surface area contributed by atoms with Gasteiger partial charge in [-0.25, -0.2) is 0 Å². The quantitative estimate of drug-likeness (QED) is 0.472. The summed E-state index contributed by atoms with van der Waals surface area (Å²) in [7, 11) is 0. The maximum absolute atomic E-state index is 12.4. The predicted octanol–water partition coefficient (Wildman–Crippen LogP) is 2.92. The molecule has 31 heavy (non-hydrogen) atoms. The Morgan fingerprint density at radius 1 is 0.548 bits per heavy atom. The monoisotopic (exact) mass is 532 g/mol. The van der Waals surface area contributed by atoms with E-state index in [-0.39, 0.29) is 34.5 Å². The van der Waals surface area contributed by atoms with Crippen molar-refractivity contribution in [1.29, 1.82) is 0 Å². The van der Waals surface area contributed by atoms with Crippen molar-refractivity contribution in [2.24, 2.45) is 0 Å². The molecule has 3 rings (SSSR count). The van der Waals surface area contributed by atoms with E-state index in [0.29, 0.717) is 17.3 Å². The molecule has 3 heterocycles. The van der Waals surface area contributed by atoms with Gasteiger partial charge in [0, 0.05) is 0 Å². The van der Waals surface area contributed by atoms with Crippen molar-refractivity contribution in [2.75, 3.05) is 0 Å². The zero-order valence-corrected chi connectivity index (χ0v) is 21.3. The Kier molecular flexibility index (Phi) is 6.68. The molecule has 0 aliphatic carbocycles. The van der Waals surface area contributed by atoms with Crippen molar-refractivity contribution in [3.8, 4) is 17.2 Å². The average molecular weight is 532 g/mol. The molecule has 0 aliphatic heterocycles. The third-order valence-electron chi connectivity index (χ3n) is 4.22. The SMILES string of the molecule is Cc1cc(=O)c([O][In]([O]c2c(C)oc(C)cc2=O)[O]c2c(C)oc(C)cc2=O)c(C)o1. The summed E-state index contributed by atoms with van der Waals surface area (Å²) >= 11 is -4.29. The van der Waals surface area contributed by atoms with Crippen LogP contribution in [-0.4, -0.2) is 22.7 Å². The first kappa shape index (κ1) is 22.8. The van der Waals surface area contributed by atoms with Crippen molar-refractivity contribution in [3.63, 3.8) is 0 Å². The van der Waals surface area contributed by atoms with Crippen LogP contribution in [0.3, 0.4) is 0 Å². The molecular weight excluding hydrogens is 511 g/mol. The number of aryl methyl sites for hydroxylation is 6. The van der Waals surface area contributed by atoms with Crippen LogP contribution in [-0.2, 0) is 0 Å². The van der Waals surface area contributed by atoms with Crippen molar-refractivity contribution < 1.29 is 21.8 Å². The summed E-state index contributed by atoms with van der Waals surface area (Å²) < 4.78 is 33.8. The van der Waals surface area contributed by atoms with Gasteiger partial charge in [-0.05, 0) is 0 Å². The molecule has 9 nitrogen and oxygen atoms in total. The van der Waals surface area contributed by atoms with Gasteiger partial charge in [-0.3, -0.25) is 0 Å². The Morgan fingerprint density at radius 3 is 1.03 bits per heavy atom. The van der Waals surface area contributed by atoms with E-state index in [4.69, 9.17) is 21.8 Å². The molecule has 0 spiro atoms. The summed E-state index contributed by atoms with van der Waals surface area (Å²) in [6.45, 7) is 9.58. The molecule has 10 heteroatoms. The summed E-state index contributed by atoms with van der Waals surface area (Å²) in [6, 6.07) is 3.80. The van der Waals surface area contributed by atoms with Crippen LogP contribution in [0.25, 0.3) is 0 Å². The van der Waals surface area contributed by atoms with Gasteiger partial charge < -0.3 is 0 Å². The molecule has 0 bridgehead atoms. The molecule has 3 aromatic rings. The second-order valence-electron chi connectivity index (χ2n) is 6.96. The minimum absolute atomic E-state index is 0.102. The van der Waals surface area contributed by atoms with Crippen LogP contribution in [0.5, 0.6) is 17.2 Å².